The minimum atomic E-state index is -0.922. The zero-order valence-electron chi connectivity index (χ0n) is 8.90. The number of rotatable bonds is 4. The molecule has 92 valence electrons. The SMILES string of the molecule is NC(=O)OCCNC(=O)c1cc(N)cc(F)c1. The number of carbonyl (C=O) groups is 2. The summed E-state index contributed by atoms with van der Waals surface area (Å²) in [4.78, 5) is 21.7. The van der Waals surface area contributed by atoms with E-state index in [1.165, 1.54) is 6.07 Å². The lowest BCUT2D eigenvalue weighted by atomic mass is 10.2. The number of nitrogens with one attached hydrogen (secondary N) is 1. The molecule has 0 aliphatic heterocycles. The summed E-state index contributed by atoms with van der Waals surface area (Å²) in [6.07, 6.45) is -0.922. The third-order valence-corrected chi connectivity index (χ3v) is 1.81. The molecule has 2 amide bonds. The summed E-state index contributed by atoms with van der Waals surface area (Å²) >= 11 is 0. The standard InChI is InChI=1S/C10H12FN3O3/c11-7-3-6(4-8(12)5-7)9(15)14-1-2-17-10(13)16/h3-5H,1-2,12H2,(H2,13,16)(H,14,15). The average molecular weight is 241 g/mol. The van der Waals surface area contributed by atoms with Crippen molar-refractivity contribution in [3.8, 4) is 0 Å². The highest BCUT2D eigenvalue weighted by Crippen LogP contribution is 2.10. The summed E-state index contributed by atoms with van der Waals surface area (Å²) < 4.78 is 17.3. The summed E-state index contributed by atoms with van der Waals surface area (Å²) in [5, 5.41) is 2.41. The minimum absolute atomic E-state index is 0.0497. The van der Waals surface area contributed by atoms with Gasteiger partial charge in [0.1, 0.15) is 12.4 Å². The molecular formula is C10H12FN3O3. The maximum absolute atomic E-state index is 12.9. The Morgan fingerprint density at radius 1 is 1.35 bits per heavy atom. The van der Waals surface area contributed by atoms with Crippen LogP contribution in [0.4, 0.5) is 14.9 Å². The Morgan fingerprint density at radius 2 is 2.06 bits per heavy atom. The van der Waals surface area contributed by atoms with E-state index in [-0.39, 0.29) is 24.4 Å². The van der Waals surface area contributed by atoms with Crippen LogP contribution in [0.25, 0.3) is 0 Å². The third kappa shape index (κ3) is 4.37. The van der Waals surface area contributed by atoms with E-state index >= 15 is 0 Å². The largest absolute Gasteiger partial charge is 0.448 e. The van der Waals surface area contributed by atoms with Gasteiger partial charge >= 0.3 is 6.09 Å². The fourth-order valence-corrected chi connectivity index (χ4v) is 1.16. The van der Waals surface area contributed by atoms with Crippen LogP contribution in [0.2, 0.25) is 0 Å². The number of hydrogen-bond donors (Lipinski definition) is 3. The van der Waals surface area contributed by atoms with Crippen molar-refractivity contribution in [2.24, 2.45) is 5.73 Å². The van der Waals surface area contributed by atoms with E-state index in [4.69, 9.17) is 11.5 Å². The third-order valence-electron chi connectivity index (χ3n) is 1.81. The molecule has 5 N–H and O–H groups in total. The second kappa shape index (κ2) is 5.69. The van der Waals surface area contributed by atoms with Gasteiger partial charge in [-0.2, -0.15) is 0 Å². The highest BCUT2D eigenvalue weighted by Gasteiger charge is 2.07. The number of amides is 2. The minimum Gasteiger partial charge on any atom is -0.448 e. The van der Waals surface area contributed by atoms with Crippen molar-refractivity contribution in [3.05, 3.63) is 29.6 Å². The van der Waals surface area contributed by atoms with Gasteiger partial charge in [0.15, 0.2) is 0 Å². The molecule has 0 heterocycles. The fraction of sp³-hybridized carbons (Fsp3) is 0.200. The summed E-state index contributed by atoms with van der Waals surface area (Å²) in [5.74, 6) is -1.10. The molecule has 0 saturated heterocycles. The van der Waals surface area contributed by atoms with Gasteiger partial charge in [-0.15, -0.1) is 0 Å². The summed E-state index contributed by atoms with van der Waals surface area (Å²) in [5.41, 5.74) is 10.4. The highest BCUT2D eigenvalue weighted by atomic mass is 19.1. The summed E-state index contributed by atoms with van der Waals surface area (Å²) in [7, 11) is 0. The van der Waals surface area contributed by atoms with Gasteiger partial charge in [-0.1, -0.05) is 0 Å². The zero-order valence-corrected chi connectivity index (χ0v) is 8.90. The number of nitrogens with two attached hydrogens (primary N) is 2. The molecule has 17 heavy (non-hydrogen) atoms. The Kier molecular flexibility index (Phi) is 4.27. The smallest absolute Gasteiger partial charge is 0.404 e. The summed E-state index contributed by atoms with van der Waals surface area (Å²) in [6.45, 7) is 0.0318. The maximum Gasteiger partial charge on any atom is 0.404 e. The van der Waals surface area contributed by atoms with E-state index in [0.717, 1.165) is 12.1 Å². The van der Waals surface area contributed by atoms with Crippen LogP contribution in [0.15, 0.2) is 18.2 Å². The molecule has 0 unspecified atom stereocenters. The zero-order chi connectivity index (χ0) is 12.8. The molecule has 1 aromatic carbocycles. The topological polar surface area (TPSA) is 107 Å². The lowest BCUT2D eigenvalue weighted by Crippen LogP contribution is -2.29. The van der Waals surface area contributed by atoms with Gasteiger partial charge in [0, 0.05) is 11.3 Å². The average Bonchev–Trinajstić information content (AvgIpc) is 2.22. The maximum atomic E-state index is 12.9. The molecule has 1 rings (SSSR count). The van der Waals surface area contributed by atoms with Gasteiger partial charge in [0.05, 0.1) is 6.54 Å². The molecule has 0 spiro atoms. The van der Waals surface area contributed by atoms with Gasteiger partial charge in [0.25, 0.3) is 5.91 Å². The van der Waals surface area contributed by atoms with Crippen LogP contribution in [-0.2, 0) is 4.74 Å². The predicted molar refractivity (Wildman–Crippen MR) is 58.7 cm³/mol. The van der Waals surface area contributed by atoms with Crippen molar-refractivity contribution in [2.75, 3.05) is 18.9 Å². The van der Waals surface area contributed by atoms with E-state index in [1.807, 2.05) is 0 Å². The fourth-order valence-electron chi connectivity index (χ4n) is 1.16. The molecule has 6 nitrogen and oxygen atoms in total. The van der Waals surface area contributed by atoms with E-state index in [1.54, 1.807) is 0 Å². The molecule has 0 fully saturated rings. The monoisotopic (exact) mass is 241 g/mol. The Labute approximate surface area is 96.7 Å². The normalized spacial score (nSPS) is 9.71. The van der Waals surface area contributed by atoms with Crippen LogP contribution in [0, 0.1) is 5.82 Å². The van der Waals surface area contributed by atoms with Crippen molar-refractivity contribution >= 4 is 17.7 Å². The molecule has 0 bridgehead atoms. The number of anilines is 1. The number of ether oxygens (including phenoxy) is 1. The van der Waals surface area contributed by atoms with Crippen LogP contribution in [0.1, 0.15) is 10.4 Å². The van der Waals surface area contributed by atoms with E-state index in [9.17, 15) is 14.0 Å². The van der Waals surface area contributed by atoms with Crippen LogP contribution in [0.5, 0.6) is 0 Å². The molecule has 0 radical (unpaired) electrons. The molecular weight excluding hydrogens is 229 g/mol. The van der Waals surface area contributed by atoms with Gasteiger partial charge < -0.3 is 21.5 Å². The van der Waals surface area contributed by atoms with E-state index in [0.29, 0.717) is 0 Å². The molecule has 0 aliphatic rings. The van der Waals surface area contributed by atoms with Gasteiger partial charge in [0.2, 0.25) is 0 Å². The molecule has 0 aliphatic carbocycles. The Bertz CT molecular complexity index is 417. The molecule has 0 atom stereocenters. The first kappa shape index (κ1) is 12.8. The predicted octanol–water partition coefficient (Wildman–Crippen LogP) is 0.233. The first-order valence-corrected chi connectivity index (χ1v) is 4.75. The van der Waals surface area contributed by atoms with E-state index in [2.05, 4.69) is 10.1 Å². The number of benzene rings is 1. The van der Waals surface area contributed by atoms with Crippen LogP contribution < -0.4 is 16.8 Å². The van der Waals surface area contributed by atoms with Crippen LogP contribution in [0.3, 0.4) is 0 Å². The van der Waals surface area contributed by atoms with Crippen molar-refractivity contribution in [1.82, 2.24) is 5.32 Å². The number of hydrogen-bond acceptors (Lipinski definition) is 4. The number of nitrogen functional groups attached to an aromatic ring is 1. The summed E-state index contributed by atoms with van der Waals surface area (Å²) in [6, 6.07) is 3.50. The second-order valence-corrected chi connectivity index (χ2v) is 3.20. The number of carbonyl (C=O) groups excluding carboxylic acids is 2. The molecule has 0 aromatic heterocycles. The van der Waals surface area contributed by atoms with Gasteiger partial charge in [-0.05, 0) is 18.2 Å². The molecule has 1 aromatic rings. The second-order valence-electron chi connectivity index (χ2n) is 3.20. The molecule has 0 saturated carbocycles. The first-order chi connectivity index (χ1) is 7.99. The van der Waals surface area contributed by atoms with Crippen LogP contribution in [-0.4, -0.2) is 25.2 Å². The number of primary amides is 1. The van der Waals surface area contributed by atoms with Gasteiger partial charge in [-0.25, -0.2) is 9.18 Å². The van der Waals surface area contributed by atoms with Crippen molar-refractivity contribution < 1.29 is 18.7 Å². The Hall–Kier alpha value is -2.31. The lowest BCUT2D eigenvalue weighted by molar-refractivity contribution is 0.0936. The van der Waals surface area contributed by atoms with Crippen molar-refractivity contribution in [2.45, 2.75) is 0 Å². The Balaban J connectivity index is 2.49. The first-order valence-electron chi connectivity index (χ1n) is 4.75. The van der Waals surface area contributed by atoms with Crippen molar-refractivity contribution in [3.63, 3.8) is 0 Å². The van der Waals surface area contributed by atoms with Gasteiger partial charge in [-0.3, -0.25) is 4.79 Å². The van der Waals surface area contributed by atoms with E-state index < -0.39 is 17.8 Å². The Morgan fingerprint density at radius 3 is 2.65 bits per heavy atom. The quantitative estimate of drug-likeness (QED) is 0.518. The number of halogens is 1. The lowest BCUT2D eigenvalue weighted by Gasteiger charge is -2.06. The molecule has 7 heteroatoms. The highest BCUT2D eigenvalue weighted by molar-refractivity contribution is 5.95. The van der Waals surface area contributed by atoms with Crippen molar-refractivity contribution in [1.29, 1.82) is 0 Å². The van der Waals surface area contributed by atoms with Crippen LogP contribution >= 0.6 is 0 Å².